The van der Waals surface area contributed by atoms with E-state index in [2.05, 4.69) is 12.2 Å². The summed E-state index contributed by atoms with van der Waals surface area (Å²) in [6, 6.07) is 5.31. The Bertz CT molecular complexity index is 367. The van der Waals surface area contributed by atoms with Crippen molar-refractivity contribution in [3.05, 3.63) is 29.6 Å². The van der Waals surface area contributed by atoms with E-state index in [4.69, 9.17) is 4.74 Å². The lowest BCUT2D eigenvalue weighted by Gasteiger charge is -2.29. The second-order valence-corrected chi connectivity index (χ2v) is 4.51. The smallest absolute Gasteiger partial charge is 0.123 e. The normalized spacial score (nSPS) is 25.4. The molecule has 1 aliphatic heterocycles. The largest absolute Gasteiger partial charge is 0.382 e. The van der Waals surface area contributed by atoms with Gasteiger partial charge in [0.2, 0.25) is 0 Å². The van der Waals surface area contributed by atoms with Crippen LogP contribution in [-0.4, -0.2) is 18.8 Å². The quantitative estimate of drug-likeness (QED) is 0.831. The number of aryl methyl sites for hydroxylation is 1. The summed E-state index contributed by atoms with van der Waals surface area (Å²) in [4.78, 5) is 0. The van der Waals surface area contributed by atoms with Gasteiger partial charge in [0.25, 0.3) is 0 Å². The first-order valence-corrected chi connectivity index (χ1v) is 5.79. The Morgan fingerprint density at radius 2 is 2.25 bits per heavy atom. The van der Waals surface area contributed by atoms with Gasteiger partial charge >= 0.3 is 0 Å². The van der Waals surface area contributed by atoms with Crippen LogP contribution in [0.15, 0.2) is 18.2 Å². The maximum atomic E-state index is 12.9. The molecule has 0 saturated carbocycles. The van der Waals surface area contributed by atoms with Crippen molar-refractivity contribution < 1.29 is 9.13 Å². The number of halogens is 1. The summed E-state index contributed by atoms with van der Waals surface area (Å²) in [6.07, 6.45) is 2.34. The summed E-state index contributed by atoms with van der Waals surface area (Å²) in [6.45, 7) is 4.82. The first kappa shape index (κ1) is 11.4. The molecule has 3 heteroatoms. The maximum Gasteiger partial charge on any atom is 0.123 e. The SMILES string of the molecule is Cc1cc(F)ccc1NC1CCOC(C)C1. The average molecular weight is 223 g/mol. The van der Waals surface area contributed by atoms with Crippen LogP contribution in [0.2, 0.25) is 0 Å². The fraction of sp³-hybridized carbons (Fsp3) is 0.538. The predicted molar refractivity (Wildman–Crippen MR) is 63.2 cm³/mol. The van der Waals surface area contributed by atoms with Crippen molar-refractivity contribution in [2.24, 2.45) is 0 Å². The van der Waals surface area contributed by atoms with E-state index in [9.17, 15) is 4.39 Å². The van der Waals surface area contributed by atoms with Gasteiger partial charge in [0.1, 0.15) is 5.82 Å². The van der Waals surface area contributed by atoms with Gasteiger partial charge < -0.3 is 10.1 Å². The molecule has 0 aliphatic carbocycles. The van der Waals surface area contributed by atoms with Gasteiger partial charge in [0.15, 0.2) is 0 Å². The molecule has 2 nitrogen and oxygen atoms in total. The lowest BCUT2D eigenvalue weighted by Crippen LogP contribution is -2.32. The second-order valence-electron chi connectivity index (χ2n) is 4.51. The highest BCUT2D eigenvalue weighted by Crippen LogP contribution is 2.21. The first-order chi connectivity index (χ1) is 7.65. The van der Waals surface area contributed by atoms with E-state index in [-0.39, 0.29) is 5.82 Å². The van der Waals surface area contributed by atoms with Gasteiger partial charge in [-0.2, -0.15) is 0 Å². The molecule has 88 valence electrons. The molecule has 2 unspecified atom stereocenters. The van der Waals surface area contributed by atoms with E-state index >= 15 is 0 Å². The number of hydrogen-bond acceptors (Lipinski definition) is 2. The van der Waals surface area contributed by atoms with Crippen LogP contribution in [0.3, 0.4) is 0 Å². The fourth-order valence-corrected chi connectivity index (χ4v) is 2.14. The van der Waals surface area contributed by atoms with Crippen LogP contribution in [0.25, 0.3) is 0 Å². The Balaban J connectivity index is 2.02. The van der Waals surface area contributed by atoms with E-state index in [1.54, 1.807) is 6.07 Å². The van der Waals surface area contributed by atoms with E-state index < -0.39 is 0 Å². The molecule has 1 fully saturated rings. The zero-order valence-corrected chi connectivity index (χ0v) is 9.79. The van der Waals surface area contributed by atoms with E-state index in [1.807, 2.05) is 13.0 Å². The Hall–Kier alpha value is -1.09. The molecule has 0 spiro atoms. The first-order valence-electron chi connectivity index (χ1n) is 5.79. The van der Waals surface area contributed by atoms with Crippen molar-refractivity contribution in [2.45, 2.75) is 38.8 Å². The van der Waals surface area contributed by atoms with Gasteiger partial charge in [-0.05, 0) is 50.5 Å². The molecule has 1 aliphatic rings. The van der Waals surface area contributed by atoms with E-state index in [1.165, 1.54) is 6.07 Å². The molecule has 0 amide bonds. The third-order valence-electron chi connectivity index (χ3n) is 3.03. The van der Waals surface area contributed by atoms with Crippen LogP contribution < -0.4 is 5.32 Å². The van der Waals surface area contributed by atoms with Crippen LogP contribution in [0.1, 0.15) is 25.3 Å². The Morgan fingerprint density at radius 3 is 2.94 bits per heavy atom. The summed E-state index contributed by atoms with van der Waals surface area (Å²) in [7, 11) is 0. The maximum absolute atomic E-state index is 12.9. The second kappa shape index (κ2) is 4.83. The van der Waals surface area contributed by atoms with E-state index in [0.717, 1.165) is 30.7 Å². The lowest BCUT2D eigenvalue weighted by atomic mass is 10.0. The number of nitrogens with one attached hydrogen (secondary N) is 1. The van der Waals surface area contributed by atoms with Crippen LogP contribution in [-0.2, 0) is 4.74 Å². The van der Waals surface area contributed by atoms with Gasteiger partial charge in [-0.25, -0.2) is 4.39 Å². The van der Waals surface area contributed by atoms with Crippen molar-refractivity contribution in [2.75, 3.05) is 11.9 Å². The van der Waals surface area contributed by atoms with Crippen molar-refractivity contribution in [1.82, 2.24) is 0 Å². The molecular formula is C13H18FNO. The summed E-state index contributed by atoms with van der Waals surface area (Å²) < 4.78 is 18.4. The molecule has 1 aromatic rings. The molecule has 16 heavy (non-hydrogen) atoms. The van der Waals surface area contributed by atoms with Gasteiger partial charge in [0.05, 0.1) is 6.10 Å². The third kappa shape index (κ3) is 2.73. The number of hydrogen-bond donors (Lipinski definition) is 1. The molecule has 2 atom stereocenters. The lowest BCUT2D eigenvalue weighted by molar-refractivity contribution is 0.0232. The van der Waals surface area contributed by atoms with Gasteiger partial charge in [-0.1, -0.05) is 0 Å². The molecule has 1 N–H and O–H groups in total. The van der Waals surface area contributed by atoms with Crippen LogP contribution in [0.4, 0.5) is 10.1 Å². The van der Waals surface area contributed by atoms with Crippen molar-refractivity contribution >= 4 is 5.69 Å². The monoisotopic (exact) mass is 223 g/mol. The number of anilines is 1. The van der Waals surface area contributed by atoms with Crippen molar-refractivity contribution in [3.8, 4) is 0 Å². The number of rotatable bonds is 2. The Labute approximate surface area is 95.8 Å². The summed E-state index contributed by atoms with van der Waals surface area (Å²) in [5, 5.41) is 3.46. The summed E-state index contributed by atoms with van der Waals surface area (Å²) >= 11 is 0. The zero-order valence-electron chi connectivity index (χ0n) is 9.79. The minimum Gasteiger partial charge on any atom is -0.382 e. The average Bonchev–Trinajstić information content (AvgIpc) is 2.22. The molecule has 1 heterocycles. The molecule has 0 aromatic heterocycles. The van der Waals surface area contributed by atoms with E-state index in [0.29, 0.717) is 12.1 Å². The van der Waals surface area contributed by atoms with Crippen molar-refractivity contribution in [1.29, 1.82) is 0 Å². The molecule has 1 aromatic carbocycles. The third-order valence-corrected chi connectivity index (χ3v) is 3.03. The molecule has 1 saturated heterocycles. The molecular weight excluding hydrogens is 205 g/mol. The van der Waals surface area contributed by atoms with Crippen LogP contribution in [0, 0.1) is 12.7 Å². The predicted octanol–water partition coefficient (Wildman–Crippen LogP) is 3.11. The highest BCUT2D eigenvalue weighted by molar-refractivity contribution is 5.51. The molecule has 0 radical (unpaired) electrons. The highest BCUT2D eigenvalue weighted by atomic mass is 19.1. The summed E-state index contributed by atoms with van der Waals surface area (Å²) in [5.74, 6) is -0.177. The fourth-order valence-electron chi connectivity index (χ4n) is 2.14. The molecule has 2 rings (SSSR count). The van der Waals surface area contributed by atoms with Crippen LogP contribution >= 0.6 is 0 Å². The zero-order chi connectivity index (χ0) is 11.5. The van der Waals surface area contributed by atoms with Gasteiger partial charge in [-0.15, -0.1) is 0 Å². The van der Waals surface area contributed by atoms with Gasteiger partial charge in [0, 0.05) is 18.3 Å². The number of ether oxygens (including phenoxy) is 1. The van der Waals surface area contributed by atoms with Gasteiger partial charge in [-0.3, -0.25) is 0 Å². The Kier molecular flexibility index (Phi) is 3.44. The van der Waals surface area contributed by atoms with Crippen LogP contribution in [0.5, 0.6) is 0 Å². The molecule has 0 bridgehead atoms. The van der Waals surface area contributed by atoms with Crippen molar-refractivity contribution in [3.63, 3.8) is 0 Å². The number of benzene rings is 1. The minimum atomic E-state index is -0.177. The summed E-state index contributed by atoms with van der Waals surface area (Å²) in [5.41, 5.74) is 1.99. The standard InChI is InChI=1S/C13H18FNO/c1-9-7-11(14)3-4-13(9)15-12-5-6-16-10(2)8-12/h3-4,7,10,12,15H,5-6,8H2,1-2H3. The minimum absolute atomic E-state index is 0.177. The Morgan fingerprint density at radius 1 is 1.44 bits per heavy atom. The highest BCUT2D eigenvalue weighted by Gasteiger charge is 2.19. The topological polar surface area (TPSA) is 21.3 Å².